The van der Waals surface area contributed by atoms with Gasteiger partial charge >= 0.3 is 5.97 Å². The van der Waals surface area contributed by atoms with Gasteiger partial charge in [-0.25, -0.2) is 9.78 Å². The van der Waals surface area contributed by atoms with Crippen LogP contribution in [0.15, 0.2) is 24.4 Å². The van der Waals surface area contributed by atoms with Crippen molar-refractivity contribution < 1.29 is 14.6 Å². The van der Waals surface area contributed by atoms with Gasteiger partial charge in [0.15, 0.2) is 0 Å². The highest BCUT2D eigenvalue weighted by atomic mass is 35.5. The Morgan fingerprint density at radius 3 is 2.94 bits per heavy atom. The molecule has 6 heteroatoms. The molecule has 0 bridgehead atoms. The molecule has 0 atom stereocenters. The van der Waals surface area contributed by atoms with Crippen LogP contribution in [0.2, 0.25) is 5.02 Å². The fourth-order valence-corrected chi connectivity index (χ4v) is 2.30. The van der Waals surface area contributed by atoms with Gasteiger partial charge in [0.2, 0.25) is 0 Å². The third-order valence-corrected chi connectivity index (χ3v) is 3.33. The maximum Gasteiger partial charge on any atom is 0.339 e. The summed E-state index contributed by atoms with van der Waals surface area (Å²) in [5.74, 6) is -0.758. The molecule has 18 heavy (non-hydrogen) atoms. The van der Waals surface area contributed by atoms with Gasteiger partial charge in [-0.3, -0.25) is 0 Å². The normalized spacial score (nSPS) is 10.3. The topological polar surface area (TPSA) is 59.4 Å². The van der Waals surface area contributed by atoms with Crippen LogP contribution in [-0.2, 0) is 6.61 Å². The van der Waals surface area contributed by atoms with Crippen LogP contribution >= 0.6 is 22.9 Å². The Balaban J connectivity index is 2.16. The predicted molar refractivity (Wildman–Crippen MR) is 69.6 cm³/mol. The number of carbonyl (C=O) groups is 1. The van der Waals surface area contributed by atoms with E-state index in [1.807, 2.05) is 6.92 Å². The van der Waals surface area contributed by atoms with Crippen molar-refractivity contribution in [2.45, 2.75) is 13.5 Å². The monoisotopic (exact) mass is 283 g/mol. The van der Waals surface area contributed by atoms with Crippen molar-refractivity contribution in [2.24, 2.45) is 0 Å². The lowest BCUT2D eigenvalue weighted by atomic mass is 10.2. The van der Waals surface area contributed by atoms with Crippen LogP contribution in [0.3, 0.4) is 0 Å². The lowest BCUT2D eigenvalue weighted by Gasteiger charge is -2.08. The molecular weight excluding hydrogens is 274 g/mol. The van der Waals surface area contributed by atoms with Crippen molar-refractivity contribution in [1.29, 1.82) is 0 Å². The molecule has 0 amide bonds. The van der Waals surface area contributed by atoms with Gasteiger partial charge in [-0.05, 0) is 25.1 Å². The molecule has 0 saturated carbocycles. The Morgan fingerprint density at radius 1 is 1.56 bits per heavy atom. The van der Waals surface area contributed by atoms with Gasteiger partial charge in [-0.1, -0.05) is 11.6 Å². The molecule has 2 aromatic rings. The highest BCUT2D eigenvalue weighted by Gasteiger charge is 2.12. The molecule has 0 spiro atoms. The van der Waals surface area contributed by atoms with Crippen LogP contribution in [0.4, 0.5) is 0 Å². The first kappa shape index (κ1) is 12.9. The Bertz CT molecular complexity index is 582. The second-order valence-electron chi connectivity index (χ2n) is 3.58. The third-order valence-electron chi connectivity index (χ3n) is 2.21. The number of benzene rings is 1. The van der Waals surface area contributed by atoms with Crippen LogP contribution in [-0.4, -0.2) is 16.1 Å². The van der Waals surface area contributed by atoms with E-state index in [1.165, 1.54) is 17.4 Å². The maximum atomic E-state index is 11.0. The summed E-state index contributed by atoms with van der Waals surface area (Å²) in [6.07, 6.45) is 1.72. The molecule has 4 nitrogen and oxygen atoms in total. The molecule has 2 rings (SSSR count). The molecule has 1 N–H and O–H groups in total. The number of nitrogens with zero attached hydrogens (tertiary/aromatic N) is 1. The summed E-state index contributed by atoms with van der Waals surface area (Å²) in [6.45, 7) is 2.20. The van der Waals surface area contributed by atoms with Gasteiger partial charge < -0.3 is 9.84 Å². The summed E-state index contributed by atoms with van der Waals surface area (Å²) >= 11 is 7.27. The van der Waals surface area contributed by atoms with Crippen LogP contribution in [0, 0.1) is 6.92 Å². The van der Waals surface area contributed by atoms with Gasteiger partial charge in [0, 0.05) is 11.2 Å². The molecule has 0 saturated heterocycles. The van der Waals surface area contributed by atoms with Crippen molar-refractivity contribution in [1.82, 2.24) is 4.98 Å². The van der Waals surface area contributed by atoms with Gasteiger partial charge in [-0.15, -0.1) is 11.3 Å². The van der Waals surface area contributed by atoms with Crippen molar-refractivity contribution in [3.8, 4) is 5.75 Å². The van der Waals surface area contributed by atoms with Crippen molar-refractivity contribution in [3.05, 3.63) is 44.9 Å². The zero-order chi connectivity index (χ0) is 13.1. The van der Waals surface area contributed by atoms with Gasteiger partial charge in [-0.2, -0.15) is 0 Å². The van der Waals surface area contributed by atoms with E-state index in [4.69, 9.17) is 21.4 Å². The zero-order valence-electron chi connectivity index (χ0n) is 9.51. The summed E-state index contributed by atoms with van der Waals surface area (Å²) in [5, 5.41) is 10.4. The average Bonchev–Trinajstić information content (AvgIpc) is 2.73. The number of carboxylic acids is 1. The van der Waals surface area contributed by atoms with Gasteiger partial charge in [0.25, 0.3) is 0 Å². The summed E-state index contributed by atoms with van der Waals surface area (Å²) in [6, 6.07) is 4.53. The summed E-state index contributed by atoms with van der Waals surface area (Å²) in [4.78, 5) is 16.1. The number of rotatable bonds is 4. The molecule has 0 fully saturated rings. The summed E-state index contributed by atoms with van der Waals surface area (Å²) < 4.78 is 5.48. The number of aromatic carboxylic acids is 1. The molecule has 0 radical (unpaired) electrons. The van der Waals surface area contributed by atoms with E-state index in [9.17, 15) is 4.79 Å². The fourth-order valence-electron chi connectivity index (χ4n) is 1.42. The van der Waals surface area contributed by atoms with Crippen LogP contribution in [0.1, 0.15) is 20.2 Å². The van der Waals surface area contributed by atoms with E-state index in [2.05, 4.69) is 4.98 Å². The van der Waals surface area contributed by atoms with Crippen molar-refractivity contribution >= 4 is 28.9 Å². The lowest BCUT2D eigenvalue weighted by Crippen LogP contribution is -2.02. The second-order valence-corrected chi connectivity index (χ2v) is 5.34. The standard InChI is InChI=1S/C12H10ClNO3S/c1-7-14-5-9(18-7)6-17-11-3-2-8(13)4-10(11)12(15)16/h2-5H,6H2,1H3,(H,15,16). The largest absolute Gasteiger partial charge is 0.487 e. The predicted octanol–water partition coefficient (Wildman–Crippen LogP) is 3.38. The number of aromatic nitrogens is 1. The van der Waals surface area contributed by atoms with Crippen LogP contribution in [0.25, 0.3) is 0 Å². The van der Waals surface area contributed by atoms with Crippen molar-refractivity contribution in [3.63, 3.8) is 0 Å². The highest BCUT2D eigenvalue weighted by molar-refractivity contribution is 7.11. The molecule has 1 aromatic heterocycles. The quantitative estimate of drug-likeness (QED) is 0.934. The minimum atomic E-state index is -1.06. The third kappa shape index (κ3) is 3.00. The molecule has 0 aliphatic heterocycles. The van der Waals surface area contributed by atoms with Crippen LogP contribution < -0.4 is 4.74 Å². The number of hydrogen-bond acceptors (Lipinski definition) is 4. The summed E-state index contributed by atoms with van der Waals surface area (Å²) in [7, 11) is 0. The minimum absolute atomic E-state index is 0.0590. The highest BCUT2D eigenvalue weighted by Crippen LogP contribution is 2.24. The first-order chi connectivity index (χ1) is 8.56. The first-order valence-electron chi connectivity index (χ1n) is 5.13. The van der Waals surface area contributed by atoms with E-state index < -0.39 is 5.97 Å². The lowest BCUT2D eigenvalue weighted by molar-refractivity contribution is 0.0692. The smallest absolute Gasteiger partial charge is 0.339 e. The van der Waals surface area contributed by atoms with Gasteiger partial charge in [0.05, 0.1) is 9.88 Å². The number of thiazole rings is 1. The Labute approximate surface area is 113 Å². The Kier molecular flexibility index (Phi) is 3.84. The number of carboxylic acid groups (broad SMARTS) is 1. The van der Waals surface area contributed by atoms with E-state index in [1.54, 1.807) is 18.3 Å². The SMILES string of the molecule is Cc1ncc(COc2ccc(Cl)cc2C(=O)O)s1. The number of hydrogen-bond donors (Lipinski definition) is 1. The van der Waals surface area contributed by atoms with E-state index in [-0.39, 0.29) is 5.56 Å². The Morgan fingerprint density at radius 2 is 2.33 bits per heavy atom. The first-order valence-corrected chi connectivity index (χ1v) is 6.32. The fraction of sp³-hybridized carbons (Fsp3) is 0.167. The molecule has 1 aromatic carbocycles. The maximum absolute atomic E-state index is 11.0. The molecular formula is C12H10ClNO3S. The average molecular weight is 284 g/mol. The summed E-state index contributed by atoms with van der Waals surface area (Å²) in [5.41, 5.74) is 0.0590. The number of halogens is 1. The molecule has 0 unspecified atom stereocenters. The minimum Gasteiger partial charge on any atom is -0.487 e. The molecule has 0 aliphatic rings. The Hall–Kier alpha value is -1.59. The molecule has 94 valence electrons. The van der Waals surface area contributed by atoms with E-state index >= 15 is 0 Å². The van der Waals surface area contributed by atoms with Crippen LogP contribution in [0.5, 0.6) is 5.75 Å². The van der Waals surface area contributed by atoms with Gasteiger partial charge in [0.1, 0.15) is 17.9 Å². The zero-order valence-corrected chi connectivity index (χ0v) is 11.1. The van der Waals surface area contributed by atoms with E-state index in [0.717, 1.165) is 9.88 Å². The van der Waals surface area contributed by atoms with Crippen molar-refractivity contribution in [2.75, 3.05) is 0 Å². The molecule has 1 heterocycles. The molecule has 0 aliphatic carbocycles. The van der Waals surface area contributed by atoms with E-state index in [0.29, 0.717) is 17.4 Å². The number of aryl methyl sites for hydroxylation is 1. The second kappa shape index (κ2) is 5.37. The number of ether oxygens (including phenoxy) is 1.